The summed E-state index contributed by atoms with van der Waals surface area (Å²) < 4.78 is 5.74. The van der Waals surface area contributed by atoms with Crippen LogP contribution >= 0.6 is 11.6 Å². The largest absolute Gasteiger partial charge is 0.493 e. The van der Waals surface area contributed by atoms with E-state index in [1.54, 1.807) is 0 Å². The van der Waals surface area contributed by atoms with Gasteiger partial charge in [0, 0.05) is 6.07 Å². The number of halogens is 1. The van der Waals surface area contributed by atoms with Crippen LogP contribution < -0.4 is 10.5 Å². The molecule has 0 radical (unpaired) electrons. The average Bonchev–Trinajstić information content (AvgIpc) is 2.34. The lowest BCUT2D eigenvalue weighted by Gasteiger charge is -2.10. The predicted molar refractivity (Wildman–Crippen MR) is 79.5 cm³/mol. The van der Waals surface area contributed by atoms with Crippen LogP contribution in [-0.2, 0) is 0 Å². The van der Waals surface area contributed by atoms with Crippen LogP contribution in [0.3, 0.4) is 0 Å². The van der Waals surface area contributed by atoms with Gasteiger partial charge in [0.05, 0.1) is 17.3 Å². The lowest BCUT2D eigenvalue weighted by molar-refractivity contribution is 0.302. The van der Waals surface area contributed by atoms with Gasteiger partial charge in [0.15, 0.2) is 0 Å². The van der Waals surface area contributed by atoms with Gasteiger partial charge in [0.25, 0.3) is 0 Å². The molecule has 102 valence electrons. The van der Waals surface area contributed by atoms with Crippen LogP contribution in [-0.4, -0.2) is 6.61 Å². The Morgan fingerprint density at radius 1 is 1.11 bits per heavy atom. The third-order valence-electron chi connectivity index (χ3n) is 3.05. The van der Waals surface area contributed by atoms with Gasteiger partial charge >= 0.3 is 0 Å². The smallest absolute Gasteiger partial charge is 0.123 e. The van der Waals surface area contributed by atoms with Crippen LogP contribution in [0, 0.1) is 6.92 Å². The standard InChI is InChI=1S/C15H24ClNO/c1-3-4-5-6-7-8-9-18-15-11-13(16)14(17)10-12(15)2/h10-11H,3-9,17H2,1-2H3. The highest BCUT2D eigenvalue weighted by atomic mass is 35.5. The average molecular weight is 270 g/mol. The predicted octanol–water partition coefficient (Wildman–Crippen LogP) is 4.97. The van der Waals surface area contributed by atoms with Gasteiger partial charge in [-0.05, 0) is 25.0 Å². The Balaban J connectivity index is 2.25. The highest BCUT2D eigenvalue weighted by Gasteiger charge is 2.04. The Kier molecular flexibility index (Phi) is 6.96. The normalized spacial score (nSPS) is 10.6. The number of unbranched alkanes of at least 4 members (excludes halogenated alkanes) is 5. The Morgan fingerprint density at radius 3 is 2.50 bits per heavy atom. The summed E-state index contributed by atoms with van der Waals surface area (Å²) in [5, 5.41) is 0.568. The van der Waals surface area contributed by atoms with E-state index in [2.05, 4.69) is 6.92 Å². The first kappa shape index (κ1) is 15.2. The molecular weight excluding hydrogens is 246 g/mol. The number of nitrogens with two attached hydrogens (primary N) is 1. The molecule has 0 aromatic heterocycles. The summed E-state index contributed by atoms with van der Waals surface area (Å²) in [6, 6.07) is 3.67. The van der Waals surface area contributed by atoms with E-state index in [4.69, 9.17) is 22.1 Å². The molecule has 1 rings (SSSR count). The molecule has 0 saturated carbocycles. The second-order valence-electron chi connectivity index (χ2n) is 4.76. The molecule has 1 aromatic carbocycles. The third-order valence-corrected chi connectivity index (χ3v) is 3.38. The molecule has 0 unspecified atom stereocenters. The second kappa shape index (κ2) is 8.25. The van der Waals surface area contributed by atoms with Crippen LogP contribution in [0.15, 0.2) is 12.1 Å². The van der Waals surface area contributed by atoms with Crippen molar-refractivity contribution < 1.29 is 4.74 Å². The number of nitrogen functional groups attached to an aromatic ring is 1. The van der Waals surface area contributed by atoms with Crippen LogP contribution in [0.4, 0.5) is 5.69 Å². The Hall–Kier alpha value is -0.890. The van der Waals surface area contributed by atoms with Crippen molar-refractivity contribution >= 4 is 17.3 Å². The Labute approximate surface area is 115 Å². The number of aryl methyl sites for hydroxylation is 1. The number of hydrogen-bond donors (Lipinski definition) is 1. The van der Waals surface area contributed by atoms with Gasteiger partial charge < -0.3 is 10.5 Å². The second-order valence-corrected chi connectivity index (χ2v) is 5.16. The highest BCUT2D eigenvalue weighted by Crippen LogP contribution is 2.28. The molecule has 0 aliphatic carbocycles. The van der Waals surface area contributed by atoms with Gasteiger partial charge in [-0.1, -0.05) is 50.6 Å². The molecule has 1 aromatic rings. The SMILES string of the molecule is CCCCCCCCOc1cc(Cl)c(N)cc1C. The van der Waals surface area contributed by atoms with E-state index in [0.29, 0.717) is 10.7 Å². The molecule has 3 heteroatoms. The minimum atomic E-state index is 0.568. The van der Waals surface area contributed by atoms with E-state index in [1.807, 2.05) is 19.1 Å². The van der Waals surface area contributed by atoms with E-state index < -0.39 is 0 Å². The summed E-state index contributed by atoms with van der Waals surface area (Å²) >= 11 is 5.98. The molecule has 2 N–H and O–H groups in total. The molecule has 0 aliphatic rings. The number of hydrogen-bond acceptors (Lipinski definition) is 2. The van der Waals surface area contributed by atoms with Gasteiger partial charge in [-0.3, -0.25) is 0 Å². The van der Waals surface area contributed by atoms with Crippen LogP contribution in [0.5, 0.6) is 5.75 Å². The van der Waals surface area contributed by atoms with Crippen molar-refractivity contribution in [2.24, 2.45) is 0 Å². The van der Waals surface area contributed by atoms with Crippen LogP contribution in [0.2, 0.25) is 5.02 Å². The molecule has 0 aliphatic heterocycles. The highest BCUT2D eigenvalue weighted by molar-refractivity contribution is 6.33. The molecule has 0 spiro atoms. The first-order valence-corrected chi connectivity index (χ1v) is 7.21. The van der Waals surface area contributed by atoms with Crippen LogP contribution in [0.25, 0.3) is 0 Å². The topological polar surface area (TPSA) is 35.2 Å². The van der Waals surface area contributed by atoms with Gasteiger partial charge in [-0.15, -0.1) is 0 Å². The Morgan fingerprint density at radius 2 is 1.78 bits per heavy atom. The molecule has 0 amide bonds. The first-order chi connectivity index (χ1) is 8.65. The van der Waals surface area contributed by atoms with Gasteiger partial charge in [-0.25, -0.2) is 0 Å². The van der Waals surface area contributed by atoms with E-state index in [0.717, 1.165) is 24.3 Å². The number of ether oxygens (including phenoxy) is 1. The molecule has 0 saturated heterocycles. The molecule has 0 atom stereocenters. The van der Waals surface area contributed by atoms with Crippen molar-refractivity contribution in [1.82, 2.24) is 0 Å². The van der Waals surface area contributed by atoms with Crippen molar-refractivity contribution in [2.75, 3.05) is 12.3 Å². The van der Waals surface area contributed by atoms with E-state index in [-0.39, 0.29) is 0 Å². The molecule has 18 heavy (non-hydrogen) atoms. The fourth-order valence-corrected chi connectivity index (χ4v) is 2.06. The summed E-state index contributed by atoms with van der Waals surface area (Å²) in [6.07, 6.45) is 7.61. The summed E-state index contributed by atoms with van der Waals surface area (Å²) in [4.78, 5) is 0. The number of rotatable bonds is 8. The number of anilines is 1. The zero-order valence-corrected chi connectivity index (χ0v) is 12.2. The number of benzene rings is 1. The maximum atomic E-state index is 5.98. The summed E-state index contributed by atoms with van der Waals surface area (Å²) in [6.45, 7) is 4.98. The lowest BCUT2D eigenvalue weighted by atomic mass is 10.1. The monoisotopic (exact) mass is 269 g/mol. The third kappa shape index (κ3) is 5.18. The van der Waals surface area contributed by atoms with E-state index >= 15 is 0 Å². The quantitative estimate of drug-likeness (QED) is 0.534. The minimum absolute atomic E-state index is 0.568. The van der Waals surface area contributed by atoms with Crippen LogP contribution in [0.1, 0.15) is 51.0 Å². The zero-order valence-electron chi connectivity index (χ0n) is 11.5. The van der Waals surface area contributed by atoms with Crippen molar-refractivity contribution in [2.45, 2.75) is 52.4 Å². The zero-order chi connectivity index (χ0) is 13.4. The molecule has 2 nitrogen and oxygen atoms in total. The fourth-order valence-electron chi connectivity index (χ4n) is 1.91. The van der Waals surface area contributed by atoms with Crippen molar-refractivity contribution in [3.8, 4) is 5.75 Å². The van der Waals surface area contributed by atoms with Gasteiger partial charge in [0.1, 0.15) is 5.75 Å². The summed E-state index contributed by atoms with van der Waals surface area (Å²) in [7, 11) is 0. The van der Waals surface area contributed by atoms with Crippen molar-refractivity contribution in [3.05, 3.63) is 22.7 Å². The Bertz CT molecular complexity index is 366. The van der Waals surface area contributed by atoms with E-state index in [9.17, 15) is 0 Å². The lowest BCUT2D eigenvalue weighted by Crippen LogP contribution is -2.00. The van der Waals surface area contributed by atoms with Crippen molar-refractivity contribution in [3.63, 3.8) is 0 Å². The summed E-state index contributed by atoms with van der Waals surface area (Å²) in [5.41, 5.74) is 7.38. The molecule has 0 fully saturated rings. The fraction of sp³-hybridized carbons (Fsp3) is 0.600. The van der Waals surface area contributed by atoms with Crippen molar-refractivity contribution in [1.29, 1.82) is 0 Å². The molecular formula is C15H24ClNO. The maximum absolute atomic E-state index is 5.98. The molecule has 0 heterocycles. The summed E-state index contributed by atoms with van der Waals surface area (Å²) in [5.74, 6) is 0.850. The molecule has 0 bridgehead atoms. The maximum Gasteiger partial charge on any atom is 0.123 e. The van der Waals surface area contributed by atoms with Gasteiger partial charge in [-0.2, -0.15) is 0 Å². The van der Waals surface area contributed by atoms with Gasteiger partial charge in [0.2, 0.25) is 0 Å². The van der Waals surface area contributed by atoms with E-state index in [1.165, 1.54) is 32.1 Å². The minimum Gasteiger partial charge on any atom is -0.493 e. The first-order valence-electron chi connectivity index (χ1n) is 6.83.